The van der Waals surface area contributed by atoms with Gasteiger partial charge in [0.25, 0.3) is 0 Å². The van der Waals surface area contributed by atoms with Crippen molar-refractivity contribution < 1.29 is 14.6 Å². The minimum atomic E-state index is 0.106. The first-order chi connectivity index (χ1) is 7.31. The van der Waals surface area contributed by atoms with Crippen LogP contribution in [0.2, 0.25) is 0 Å². The van der Waals surface area contributed by atoms with E-state index in [0.717, 1.165) is 13.0 Å². The molecule has 1 unspecified atom stereocenters. The molecule has 86 valence electrons. The van der Waals surface area contributed by atoms with Crippen molar-refractivity contribution in [1.29, 1.82) is 0 Å². The number of carbonyl (C=O) groups excluding carboxylic acids is 1. The lowest BCUT2D eigenvalue weighted by Crippen LogP contribution is -2.47. The molecule has 15 heavy (non-hydrogen) atoms. The van der Waals surface area contributed by atoms with Crippen LogP contribution in [-0.2, 0) is 4.74 Å². The Kier molecular flexibility index (Phi) is 3.43. The number of morpholine rings is 1. The van der Waals surface area contributed by atoms with Gasteiger partial charge in [0.05, 0.1) is 13.2 Å². The van der Waals surface area contributed by atoms with Gasteiger partial charge >= 0.3 is 6.03 Å². The molecule has 0 aromatic heterocycles. The summed E-state index contributed by atoms with van der Waals surface area (Å²) in [5.74, 6) is 0.273. The Morgan fingerprint density at radius 3 is 2.60 bits per heavy atom. The van der Waals surface area contributed by atoms with E-state index in [4.69, 9.17) is 9.84 Å². The highest BCUT2D eigenvalue weighted by Crippen LogP contribution is 2.17. The van der Waals surface area contributed by atoms with Crippen LogP contribution in [0.1, 0.15) is 6.42 Å². The van der Waals surface area contributed by atoms with E-state index in [2.05, 4.69) is 0 Å². The Morgan fingerprint density at radius 2 is 2.00 bits per heavy atom. The Bertz CT molecular complexity index is 229. The largest absolute Gasteiger partial charge is 0.396 e. The monoisotopic (exact) mass is 214 g/mol. The molecule has 0 spiro atoms. The van der Waals surface area contributed by atoms with Crippen molar-refractivity contribution in [3.8, 4) is 0 Å². The first kappa shape index (κ1) is 10.7. The Hall–Kier alpha value is -0.810. The number of hydrogen-bond acceptors (Lipinski definition) is 3. The third-order valence-corrected chi connectivity index (χ3v) is 3.10. The van der Waals surface area contributed by atoms with E-state index in [1.807, 2.05) is 9.80 Å². The molecule has 2 fully saturated rings. The average Bonchev–Trinajstić information content (AvgIpc) is 2.78. The van der Waals surface area contributed by atoms with Crippen LogP contribution in [0.25, 0.3) is 0 Å². The number of ether oxygens (including phenoxy) is 1. The normalized spacial score (nSPS) is 27.1. The van der Waals surface area contributed by atoms with E-state index in [0.29, 0.717) is 32.8 Å². The van der Waals surface area contributed by atoms with Crippen LogP contribution in [0.4, 0.5) is 4.79 Å². The molecule has 0 radical (unpaired) electrons. The Labute approximate surface area is 89.6 Å². The Morgan fingerprint density at radius 1 is 1.27 bits per heavy atom. The molecule has 2 aliphatic rings. The molecule has 0 bridgehead atoms. The van der Waals surface area contributed by atoms with Crippen LogP contribution in [0.3, 0.4) is 0 Å². The van der Waals surface area contributed by atoms with Gasteiger partial charge in [-0.05, 0) is 6.42 Å². The van der Waals surface area contributed by atoms with Crippen molar-refractivity contribution in [1.82, 2.24) is 9.80 Å². The minimum Gasteiger partial charge on any atom is -0.396 e. The Balaban J connectivity index is 1.85. The fraction of sp³-hybridized carbons (Fsp3) is 0.900. The summed E-state index contributed by atoms with van der Waals surface area (Å²) < 4.78 is 5.20. The van der Waals surface area contributed by atoms with Crippen molar-refractivity contribution in [2.75, 3.05) is 46.0 Å². The highest BCUT2D eigenvalue weighted by atomic mass is 16.5. The standard InChI is InChI=1S/C10H18N2O3/c13-8-9-1-2-12(7-9)10(14)11-3-5-15-6-4-11/h9,13H,1-8H2. The molecule has 1 atom stereocenters. The van der Waals surface area contributed by atoms with Gasteiger partial charge in [-0.25, -0.2) is 4.79 Å². The highest BCUT2D eigenvalue weighted by molar-refractivity contribution is 5.74. The molecule has 2 aliphatic heterocycles. The lowest BCUT2D eigenvalue weighted by molar-refractivity contribution is 0.0447. The second-order valence-corrected chi connectivity index (χ2v) is 4.17. The van der Waals surface area contributed by atoms with Crippen LogP contribution in [0.5, 0.6) is 0 Å². The molecule has 1 N–H and O–H groups in total. The highest BCUT2D eigenvalue weighted by Gasteiger charge is 2.29. The van der Waals surface area contributed by atoms with Crippen LogP contribution in [0.15, 0.2) is 0 Å². The fourth-order valence-electron chi connectivity index (χ4n) is 2.11. The smallest absolute Gasteiger partial charge is 0.320 e. The summed E-state index contributed by atoms with van der Waals surface area (Å²) in [7, 11) is 0. The summed E-state index contributed by atoms with van der Waals surface area (Å²) >= 11 is 0. The first-order valence-corrected chi connectivity index (χ1v) is 5.53. The third kappa shape index (κ3) is 2.41. The summed E-state index contributed by atoms with van der Waals surface area (Å²) in [6.45, 7) is 4.34. The number of likely N-dealkylation sites (tertiary alicyclic amines) is 1. The van der Waals surface area contributed by atoms with Crippen LogP contribution in [-0.4, -0.2) is 66.9 Å². The minimum absolute atomic E-state index is 0.106. The van der Waals surface area contributed by atoms with Gasteiger partial charge in [-0.3, -0.25) is 0 Å². The molecule has 5 nitrogen and oxygen atoms in total. The summed E-state index contributed by atoms with van der Waals surface area (Å²) in [5, 5.41) is 9.00. The molecule has 0 saturated carbocycles. The van der Waals surface area contributed by atoms with Gasteiger partial charge in [0, 0.05) is 38.7 Å². The maximum atomic E-state index is 12.0. The molecule has 2 heterocycles. The lowest BCUT2D eigenvalue weighted by Gasteiger charge is -2.30. The van der Waals surface area contributed by atoms with E-state index in [1.54, 1.807) is 0 Å². The molecule has 5 heteroatoms. The third-order valence-electron chi connectivity index (χ3n) is 3.10. The number of aliphatic hydroxyl groups excluding tert-OH is 1. The zero-order chi connectivity index (χ0) is 10.7. The van der Waals surface area contributed by atoms with Crippen molar-refractivity contribution in [3.63, 3.8) is 0 Å². The second kappa shape index (κ2) is 4.81. The van der Waals surface area contributed by atoms with Crippen molar-refractivity contribution in [2.24, 2.45) is 5.92 Å². The number of nitrogens with zero attached hydrogens (tertiary/aromatic N) is 2. The van der Waals surface area contributed by atoms with E-state index in [1.165, 1.54) is 0 Å². The number of aliphatic hydroxyl groups is 1. The second-order valence-electron chi connectivity index (χ2n) is 4.17. The number of hydrogen-bond donors (Lipinski definition) is 1. The van der Waals surface area contributed by atoms with Crippen molar-refractivity contribution in [3.05, 3.63) is 0 Å². The first-order valence-electron chi connectivity index (χ1n) is 5.53. The molecule has 2 saturated heterocycles. The summed E-state index contributed by atoms with van der Waals surface area (Å²) in [5.41, 5.74) is 0. The summed E-state index contributed by atoms with van der Waals surface area (Å²) in [6.07, 6.45) is 0.923. The van der Waals surface area contributed by atoms with E-state index < -0.39 is 0 Å². The van der Waals surface area contributed by atoms with E-state index in [-0.39, 0.29) is 18.6 Å². The molecule has 0 aromatic rings. The molecule has 0 aliphatic carbocycles. The lowest BCUT2D eigenvalue weighted by atomic mass is 10.1. The van der Waals surface area contributed by atoms with Gasteiger partial charge in [-0.2, -0.15) is 0 Å². The predicted molar refractivity (Wildman–Crippen MR) is 54.6 cm³/mol. The van der Waals surface area contributed by atoms with Crippen molar-refractivity contribution >= 4 is 6.03 Å². The van der Waals surface area contributed by atoms with Gasteiger partial charge in [0.2, 0.25) is 0 Å². The van der Waals surface area contributed by atoms with Crippen LogP contribution < -0.4 is 0 Å². The van der Waals surface area contributed by atoms with Gasteiger partial charge in [0.1, 0.15) is 0 Å². The number of rotatable bonds is 1. The molecule has 2 amide bonds. The van der Waals surface area contributed by atoms with Gasteiger partial charge < -0.3 is 19.6 Å². The maximum Gasteiger partial charge on any atom is 0.320 e. The fourth-order valence-corrected chi connectivity index (χ4v) is 2.11. The van der Waals surface area contributed by atoms with E-state index >= 15 is 0 Å². The van der Waals surface area contributed by atoms with Gasteiger partial charge in [-0.1, -0.05) is 0 Å². The molecular weight excluding hydrogens is 196 g/mol. The number of carbonyl (C=O) groups is 1. The zero-order valence-corrected chi connectivity index (χ0v) is 8.89. The van der Waals surface area contributed by atoms with Crippen molar-refractivity contribution in [2.45, 2.75) is 6.42 Å². The predicted octanol–water partition coefficient (Wildman–Crippen LogP) is -0.247. The number of amides is 2. The molecule has 2 rings (SSSR count). The van der Waals surface area contributed by atoms with Gasteiger partial charge in [-0.15, -0.1) is 0 Å². The topological polar surface area (TPSA) is 53.0 Å². The average molecular weight is 214 g/mol. The summed E-state index contributed by atoms with van der Waals surface area (Å²) in [6, 6.07) is 0.106. The van der Waals surface area contributed by atoms with Gasteiger partial charge in [0.15, 0.2) is 0 Å². The molecule has 0 aromatic carbocycles. The number of urea groups is 1. The molecular formula is C10H18N2O3. The SMILES string of the molecule is O=C(N1CCOCC1)N1CCC(CO)C1. The maximum absolute atomic E-state index is 12.0. The van der Waals surface area contributed by atoms with Crippen LogP contribution in [0, 0.1) is 5.92 Å². The zero-order valence-electron chi connectivity index (χ0n) is 8.89. The quantitative estimate of drug-likeness (QED) is 0.655. The van der Waals surface area contributed by atoms with Crippen LogP contribution >= 0.6 is 0 Å². The van der Waals surface area contributed by atoms with E-state index in [9.17, 15) is 4.79 Å². The summed E-state index contributed by atoms with van der Waals surface area (Å²) in [4.78, 5) is 15.7.